The number of ether oxygens (including phenoxy) is 1. The Hall–Kier alpha value is -2.24. The number of carbonyl (C=O) groups is 1. The zero-order valence-electron chi connectivity index (χ0n) is 14.9. The largest absolute Gasteiger partial charge is 0.383 e. The van der Waals surface area contributed by atoms with E-state index in [1.807, 2.05) is 43.3 Å². The second-order valence-electron chi connectivity index (χ2n) is 6.25. The van der Waals surface area contributed by atoms with Crippen LogP contribution in [0.15, 0.2) is 42.5 Å². The first-order valence-corrected chi connectivity index (χ1v) is 9.23. The van der Waals surface area contributed by atoms with E-state index >= 15 is 0 Å². The summed E-state index contributed by atoms with van der Waals surface area (Å²) in [5.41, 5.74) is 3.84. The molecule has 0 radical (unpaired) electrons. The fourth-order valence-corrected chi connectivity index (χ4v) is 3.14. The van der Waals surface area contributed by atoms with Crippen LogP contribution in [0.5, 0.6) is 0 Å². The minimum Gasteiger partial charge on any atom is -0.383 e. The molecule has 0 bridgehead atoms. The lowest BCUT2D eigenvalue weighted by molar-refractivity contribution is -0.115. The molecular weight excluding hydrogens is 350 g/mol. The Balaban J connectivity index is 1.55. The third-order valence-corrected chi connectivity index (χ3v) is 4.87. The molecule has 0 spiro atoms. The normalized spacial score (nSPS) is 14.2. The van der Waals surface area contributed by atoms with Crippen LogP contribution in [0, 0.1) is 6.92 Å². The molecule has 0 unspecified atom stereocenters. The van der Waals surface area contributed by atoms with E-state index in [4.69, 9.17) is 16.3 Å². The highest BCUT2D eigenvalue weighted by Crippen LogP contribution is 2.26. The molecule has 26 heavy (non-hydrogen) atoms. The molecule has 138 valence electrons. The average Bonchev–Trinajstić information content (AvgIpc) is 2.67. The van der Waals surface area contributed by atoms with Crippen LogP contribution in [0.25, 0.3) is 0 Å². The van der Waals surface area contributed by atoms with Gasteiger partial charge in [-0.15, -0.1) is 0 Å². The maximum absolute atomic E-state index is 12.2. The second kappa shape index (κ2) is 8.92. The first-order chi connectivity index (χ1) is 12.6. The van der Waals surface area contributed by atoms with E-state index in [2.05, 4.69) is 21.6 Å². The van der Waals surface area contributed by atoms with Crippen molar-refractivity contribution in [2.24, 2.45) is 0 Å². The van der Waals surface area contributed by atoms with E-state index < -0.39 is 0 Å². The number of rotatable bonds is 6. The van der Waals surface area contributed by atoms with E-state index in [-0.39, 0.29) is 5.91 Å². The molecule has 0 atom stereocenters. The highest BCUT2D eigenvalue weighted by atomic mass is 35.5. The second-order valence-corrected chi connectivity index (χ2v) is 6.66. The number of para-hydroxylation sites is 2. The van der Waals surface area contributed by atoms with Crippen LogP contribution >= 0.6 is 11.6 Å². The number of nitrogens with one attached hydrogen (secondary N) is 2. The molecule has 2 N–H and O–H groups in total. The zero-order chi connectivity index (χ0) is 18.4. The lowest BCUT2D eigenvalue weighted by Crippen LogP contribution is -2.36. The monoisotopic (exact) mass is 373 g/mol. The van der Waals surface area contributed by atoms with Gasteiger partial charge in [0.25, 0.3) is 0 Å². The van der Waals surface area contributed by atoms with Crippen LogP contribution in [-0.4, -0.2) is 38.8 Å². The lowest BCUT2D eigenvalue weighted by Gasteiger charge is -2.30. The number of hydrogen-bond acceptors (Lipinski definition) is 4. The average molecular weight is 374 g/mol. The number of carbonyl (C=O) groups excluding carboxylic acids is 1. The summed E-state index contributed by atoms with van der Waals surface area (Å²) in [5, 5.41) is 6.96. The molecule has 1 saturated heterocycles. The van der Waals surface area contributed by atoms with E-state index in [1.165, 1.54) is 0 Å². The van der Waals surface area contributed by atoms with Crippen molar-refractivity contribution >= 4 is 34.6 Å². The summed E-state index contributed by atoms with van der Waals surface area (Å²) in [6.45, 7) is 5.72. The van der Waals surface area contributed by atoms with E-state index in [1.54, 1.807) is 0 Å². The number of nitrogens with zero attached hydrogens (tertiary/aromatic N) is 1. The van der Waals surface area contributed by atoms with Crippen LogP contribution in [0.3, 0.4) is 0 Å². The number of amides is 1. The first-order valence-electron chi connectivity index (χ1n) is 8.85. The zero-order valence-corrected chi connectivity index (χ0v) is 15.7. The van der Waals surface area contributed by atoms with Crippen LogP contribution in [0.4, 0.5) is 17.1 Å². The van der Waals surface area contributed by atoms with Crippen LogP contribution in [0.2, 0.25) is 5.02 Å². The SMILES string of the molecule is Cc1c(Cl)cccc1NC(=O)CCNc1ccccc1N1CCOCC1. The lowest BCUT2D eigenvalue weighted by atomic mass is 10.2. The Morgan fingerprint density at radius 3 is 2.65 bits per heavy atom. The van der Waals surface area contributed by atoms with Crippen LogP contribution in [0.1, 0.15) is 12.0 Å². The predicted molar refractivity (Wildman–Crippen MR) is 107 cm³/mol. The Labute approximate surface area is 159 Å². The first kappa shape index (κ1) is 18.5. The number of hydrogen-bond donors (Lipinski definition) is 2. The molecule has 1 amide bonds. The maximum Gasteiger partial charge on any atom is 0.226 e. The molecule has 2 aromatic rings. The third-order valence-electron chi connectivity index (χ3n) is 4.47. The van der Waals surface area contributed by atoms with Crippen LogP contribution < -0.4 is 15.5 Å². The van der Waals surface area contributed by atoms with Gasteiger partial charge >= 0.3 is 0 Å². The summed E-state index contributed by atoms with van der Waals surface area (Å²) < 4.78 is 5.42. The van der Waals surface area contributed by atoms with Gasteiger partial charge in [0.2, 0.25) is 5.91 Å². The molecule has 1 aliphatic heterocycles. The quantitative estimate of drug-likeness (QED) is 0.805. The third kappa shape index (κ3) is 4.68. The Kier molecular flexibility index (Phi) is 6.36. The van der Waals surface area contributed by atoms with E-state index in [9.17, 15) is 4.79 Å². The molecule has 1 fully saturated rings. The van der Waals surface area contributed by atoms with Gasteiger partial charge in [-0.25, -0.2) is 0 Å². The van der Waals surface area contributed by atoms with Gasteiger partial charge in [-0.05, 0) is 36.8 Å². The van der Waals surface area contributed by atoms with Crippen molar-refractivity contribution in [3.8, 4) is 0 Å². The summed E-state index contributed by atoms with van der Waals surface area (Å²) in [6, 6.07) is 13.7. The smallest absolute Gasteiger partial charge is 0.226 e. The molecule has 0 aromatic heterocycles. The van der Waals surface area contributed by atoms with Crippen LogP contribution in [-0.2, 0) is 9.53 Å². The summed E-state index contributed by atoms with van der Waals surface area (Å²) in [6.07, 6.45) is 0.378. The van der Waals surface area contributed by atoms with Crippen molar-refractivity contribution in [2.45, 2.75) is 13.3 Å². The molecule has 1 heterocycles. The molecule has 6 heteroatoms. The van der Waals surface area contributed by atoms with E-state index in [0.717, 1.165) is 48.9 Å². The minimum atomic E-state index is -0.0354. The number of halogens is 1. The highest BCUT2D eigenvalue weighted by Gasteiger charge is 2.14. The van der Waals surface area contributed by atoms with Gasteiger partial charge in [0.05, 0.1) is 24.6 Å². The number of morpholine rings is 1. The Morgan fingerprint density at radius 2 is 1.85 bits per heavy atom. The minimum absolute atomic E-state index is 0.0354. The molecule has 5 nitrogen and oxygen atoms in total. The topological polar surface area (TPSA) is 53.6 Å². The molecular formula is C20H24ClN3O2. The Morgan fingerprint density at radius 1 is 1.12 bits per heavy atom. The van der Waals surface area contributed by atoms with Crippen molar-refractivity contribution < 1.29 is 9.53 Å². The Bertz CT molecular complexity index is 760. The van der Waals surface area contributed by atoms with Gasteiger partial charge in [0.15, 0.2) is 0 Å². The maximum atomic E-state index is 12.2. The number of anilines is 3. The van der Waals surface area contributed by atoms with Gasteiger partial charge in [-0.3, -0.25) is 4.79 Å². The molecule has 2 aromatic carbocycles. The van der Waals surface area contributed by atoms with Gasteiger partial charge < -0.3 is 20.3 Å². The van der Waals surface area contributed by atoms with Crippen molar-refractivity contribution in [1.29, 1.82) is 0 Å². The summed E-state index contributed by atoms with van der Waals surface area (Å²) in [4.78, 5) is 14.5. The number of benzene rings is 2. The molecule has 1 aliphatic rings. The molecule has 0 saturated carbocycles. The van der Waals surface area contributed by atoms with Gasteiger partial charge in [-0.2, -0.15) is 0 Å². The van der Waals surface area contributed by atoms with E-state index in [0.29, 0.717) is 18.0 Å². The standard InChI is InChI=1S/C20H24ClN3O2/c1-15-16(21)5-4-7-17(15)23-20(25)9-10-22-18-6-2-3-8-19(18)24-11-13-26-14-12-24/h2-8,22H,9-14H2,1H3,(H,23,25). The van der Waals surface area contributed by atoms with Crippen molar-refractivity contribution in [2.75, 3.05) is 48.4 Å². The van der Waals surface area contributed by atoms with Gasteiger partial charge in [-0.1, -0.05) is 29.8 Å². The summed E-state index contributed by atoms with van der Waals surface area (Å²) >= 11 is 6.10. The molecule has 0 aliphatic carbocycles. The summed E-state index contributed by atoms with van der Waals surface area (Å²) in [7, 11) is 0. The van der Waals surface area contributed by atoms with Crippen molar-refractivity contribution in [3.05, 3.63) is 53.1 Å². The molecule has 3 rings (SSSR count). The highest BCUT2D eigenvalue weighted by molar-refractivity contribution is 6.31. The van der Waals surface area contributed by atoms with Gasteiger partial charge in [0.1, 0.15) is 0 Å². The van der Waals surface area contributed by atoms with Crippen molar-refractivity contribution in [3.63, 3.8) is 0 Å². The van der Waals surface area contributed by atoms with Gasteiger partial charge in [0, 0.05) is 36.8 Å². The fourth-order valence-electron chi connectivity index (χ4n) is 2.97. The summed E-state index contributed by atoms with van der Waals surface area (Å²) in [5.74, 6) is -0.0354. The van der Waals surface area contributed by atoms with Crippen molar-refractivity contribution in [1.82, 2.24) is 0 Å². The fraction of sp³-hybridized carbons (Fsp3) is 0.350. The predicted octanol–water partition coefficient (Wildman–Crippen LogP) is 3.93.